The highest BCUT2D eigenvalue weighted by molar-refractivity contribution is 6.07. The minimum absolute atomic E-state index is 0.486. The summed E-state index contributed by atoms with van der Waals surface area (Å²) in [7, 11) is 0. The summed E-state index contributed by atoms with van der Waals surface area (Å²) in [6, 6.07) is 86.1. The molecule has 0 bridgehead atoms. The molecule has 0 aliphatic heterocycles. The molecule has 0 fully saturated rings. The Bertz CT molecular complexity index is 3360. The van der Waals surface area contributed by atoms with E-state index in [2.05, 4.69) is 229 Å². The van der Waals surface area contributed by atoms with Crippen LogP contribution in [-0.4, -0.2) is 0 Å². The summed E-state index contributed by atoms with van der Waals surface area (Å²) in [5, 5.41) is 4.77. The molecule has 0 saturated carbocycles. The number of furan rings is 1. The lowest BCUT2D eigenvalue weighted by atomic mass is 9.67. The fourth-order valence-corrected chi connectivity index (χ4v) is 10.00. The summed E-state index contributed by atoms with van der Waals surface area (Å²) in [5.74, 6) is 0. The van der Waals surface area contributed by atoms with Crippen molar-refractivity contribution in [3.63, 3.8) is 0 Å². The van der Waals surface area contributed by atoms with Crippen LogP contribution in [-0.2, 0) is 5.41 Å². The first-order valence-electron chi connectivity index (χ1n) is 21.0. The van der Waals surface area contributed by atoms with Crippen LogP contribution in [0.1, 0.15) is 22.3 Å². The van der Waals surface area contributed by atoms with Crippen molar-refractivity contribution in [3.05, 3.63) is 259 Å². The molecule has 11 aromatic rings. The minimum atomic E-state index is -0.486. The number of rotatable bonds is 7. The molecule has 1 aliphatic carbocycles. The molecule has 1 aromatic heterocycles. The number of hydrogen-bond acceptors (Lipinski definition) is 2. The Labute approximate surface area is 355 Å². The zero-order valence-electron chi connectivity index (χ0n) is 33.4. The summed E-state index contributed by atoms with van der Waals surface area (Å²) < 4.78 is 6.19. The molecule has 0 atom stereocenters. The molecule has 2 nitrogen and oxygen atoms in total. The van der Waals surface area contributed by atoms with Crippen LogP contribution in [0, 0.1) is 0 Å². The van der Waals surface area contributed by atoms with Gasteiger partial charge in [-0.15, -0.1) is 0 Å². The van der Waals surface area contributed by atoms with E-state index in [0.29, 0.717) is 0 Å². The van der Waals surface area contributed by atoms with Gasteiger partial charge in [0.15, 0.2) is 0 Å². The average Bonchev–Trinajstić information content (AvgIpc) is 3.86. The molecular formula is C59H39NO. The Morgan fingerprint density at radius 3 is 1.66 bits per heavy atom. The van der Waals surface area contributed by atoms with Gasteiger partial charge in [-0.25, -0.2) is 0 Å². The van der Waals surface area contributed by atoms with E-state index >= 15 is 0 Å². The topological polar surface area (TPSA) is 16.4 Å². The number of para-hydroxylation sites is 2. The fraction of sp³-hybridized carbons (Fsp3) is 0.0169. The van der Waals surface area contributed by atoms with Gasteiger partial charge in [-0.05, 0) is 127 Å². The van der Waals surface area contributed by atoms with Crippen molar-refractivity contribution in [3.8, 4) is 33.4 Å². The van der Waals surface area contributed by atoms with E-state index in [1.807, 2.05) is 12.1 Å². The maximum absolute atomic E-state index is 6.19. The Hall–Kier alpha value is -7.94. The maximum Gasteiger partial charge on any atom is 0.135 e. The highest BCUT2D eigenvalue weighted by atomic mass is 16.3. The van der Waals surface area contributed by atoms with E-state index in [0.717, 1.165) is 44.6 Å². The molecule has 61 heavy (non-hydrogen) atoms. The van der Waals surface area contributed by atoms with Gasteiger partial charge in [0.2, 0.25) is 0 Å². The van der Waals surface area contributed by atoms with Gasteiger partial charge in [-0.1, -0.05) is 176 Å². The third kappa shape index (κ3) is 5.57. The largest absolute Gasteiger partial charge is 0.456 e. The van der Waals surface area contributed by atoms with Gasteiger partial charge in [0, 0.05) is 27.8 Å². The summed E-state index contributed by atoms with van der Waals surface area (Å²) in [5.41, 5.74) is 17.1. The minimum Gasteiger partial charge on any atom is -0.456 e. The smallest absolute Gasteiger partial charge is 0.135 e. The molecule has 12 rings (SSSR count). The van der Waals surface area contributed by atoms with E-state index in [1.54, 1.807) is 0 Å². The van der Waals surface area contributed by atoms with Gasteiger partial charge in [0.1, 0.15) is 11.2 Å². The van der Waals surface area contributed by atoms with Crippen LogP contribution in [0.3, 0.4) is 0 Å². The first kappa shape index (κ1) is 35.0. The Balaban J connectivity index is 0.964. The van der Waals surface area contributed by atoms with Gasteiger partial charge in [-0.3, -0.25) is 0 Å². The molecular weight excluding hydrogens is 739 g/mol. The monoisotopic (exact) mass is 777 g/mol. The van der Waals surface area contributed by atoms with E-state index in [4.69, 9.17) is 4.42 Å². The zero-order chi connectivity index (χ0) is 40.3. The standard InChI is InChI=1S/C59H39NO/c1-4-18-45(19-5-1)59(46-20-6-2-7-21-46)54-35-30-41-15-10-11-24-50(41)58(54)52-34-29-44(38-55(52)59)43-17-14-16-42(37-43)40-27-31-48(32-28-40)60(47-22-8-3-9-23-47)49-33-36-57-53(39-49)51-25-12-13-26-56(51)61-57/h1-39H. The normalized spacial score (nSPS) is 12.7. The second-order valence-corrected chi connectivity index (χ2v) is 16.0. The van der Waals surface area contributed by atoms with Crippen LogP contribution in [0.2, 0.25) is 0 Å². The summed E-state index contributed by atoms with van der Waals surface area (Å²) in [4.78, 5) is 2.32. The van der Waals surface area contributed by atoms with E-state index < -0.39 is 5.41 Å². The zero-order valence-corrected chi connectivity index (χ0v) is 33.4. The van der Waals surface area contributed by atoms with Crippen LogP contribution in [0.5, 0.6) is 0 Å². The van der Waals surface area contributed by atoms with Gasteiger partial charge >= 0.3 is 0 Å². The summed E-state index contributed by atoms with van der Waals surface area (Å²) >= 11 is 0. The Morgan fingerprint density at radius 1 is 0.328 bits per heavy atom. The average molecular weight is 778 g/mol. The Kier molecular flexibility index (Phi) is 8.11. The molecule has 0 saturated heterocycles. The molecule has 0 radical (unpaired) electrons. The summed E-state index contributed by atoms with van der Waals surface area (Å²) in [6.07, 6.45) is 0. The molecule has 2 heteroatoms. The molecule has 10 aromatic carbocycles. The van der Waals surface area contributed by atoms with Crippen molar-refractivity contribution in [2.45, 2.75) is 5.41 Å². The second-order valence-electron chi connectivity index (χ2n) is 16.0. The van der Waals surface area contributed by atoms with Crippen molar-refractivity contribution in [1.82, 2.24) is 0 Å². The molecule has 0 spiro atoms. The maximum atomic E-state index is 6.19. The predicted octanol–water partition coefficient (Wildman–Crippen LogP) is 15.9. The van der Waals surface area contributed by atoms with Crippen LogP contribution in [0.15, 0.2) is 241 Å². The molecule has 0 amide bonds. The van der Waals surface area contributed by atoms with Crippen LogP contribution < -0.4 is 4.90 Å². The quantitative estimate of drug-likeness (QED) is 0.160. The number of nitrogens with zero attached hydrogens (tertiary/aromatic N) is 1. The molecule has 0 N–H and O–H groups in total. The first-order chi connectivity index (χ1) is 30.2. The van der Waals surface area contributed by atoms with Crippen LogP contribution in [0.25, 0.3) is 66.1 Å². The number of fused-ring (bicyclic) bond motifs is 8. The van der Waals surface area contributed by atoms with Crippen molar-refractivity contribution in [2.24, 2.45) is 0 Å². The van der Waals surface area contributed by atoms with E-state index in [9.17, 15) is 0 Å². The van der Waals surface area contributed by atoms with E-state index in [1.165, 1.54) is 60.8 Å². The SMILES string of the molecule is c1ccc(N(c2ccc(-c3cccc(-c4ccc5c(c4)C(c4ccccc4)(c4ccccc4)c4ccc6ccccc6c4-5)c3)cc2)c2ccc3oc4ccccc4c3c2)cc1. The Morgan fingerprint density at radius 2 is 0.902 bits per heavy atom. The van der Waals surface area contributed by atoms with Gasteiger partial charge < -0.3 is 9.32 Å². The van der Waals surface area contributed by atoms with Crippen molar-refractivity contribution >= 4 is 49.8 Å². The lowest BCUT2D eigenvalue weighted by Gasteiger charge is -2.34. The third-order valence-electron chi connectivity index (χ3n) is 12.7. The molecule has 0 unspecified atom stereocenters. The van der Waals surface area contributed by atoms with Crippen LogP contribution in [0.4, 0.5) is 17.1 Å². The first-order valence-corrected chi connectivity index (χ1v) is 21.0. The fourth-order valence-electron chi connectivity index (χ4n) is 10.00. The second kappa shape index (κ2) is 14.1. The molecule has 286 valence electrons. The molecule has 1 heterocycles. The van der Waals surface area contributed by atoms with Gasteiger partial charge in [0.05, 0.1) is 5.41 Å². The number of anilines is 3. The highest BCUT2D eigenvalue weighted by Gasteiger charge is 2.46. The third-order valence-corrected chi connectivity index (χ3v) is 12.7. The van der Waals surface area contributed by atoms with Crippen molar-refractivity contribution in [1.29, 1.82) is 0 Å². The number of benzene rings is 10. The lowest BCUT2D eigenvalue weighted by molar-refractivity contribution is 0.669. The van der Waals surface area contributed by atoms with Gasteiger partial charge in [-0.2, -0.15) is 0 Å². The predicted molar refractivity (Wildman–Crippen MR) is 254 cm³/mol. The van der Waals surface area contributed by atoms with Gasteiger partial charge in [0.25, 0.3) is 0 Å². The van der Waals surface area contributed by atoms with Crippen molar-refractivity contribution in [2.75, 3.05) is 4.90 Å². The van der Waals surface area contributed by atoms with E-state index in [-0.39, 0.29) is 0 Å². The highest BCUT2D eigenvalue weighted by Crippen LogP contribution is 2.58. The lowest BCUT2D eigenvalue weighted by Crippen LogP contribution is -2.28. The number of hydrogen-bond donors (Lipinski definition) is 0. The summed E-state index contributed by atoms with van der Waals surface area (Å²) in [6.45, 7) is 0. The van der Waals surface area contributed by atoms with Crippen LogP contribution >= 0.6 is 0 Å². The molecule has 1 aliphatic rings. The van der Waals surface area contributed by atoms with Crippen molar-refractivity contribution < 1.29 is 4.42 Å².